The summed E-state index contributed by atoms with van der Waals surface area (Å²) in [5.74, 6) is 3.02. The van der Waals surface area contributed by atoms with E-state index in [2.05, 4.69) is 21.8 Å². The lowest BCUT2D eigenvalue weighted by Gasteiger charge is -1.95. The molecule has 6 nitrogen and oxygen atoms in total. The number of rotatable bonds is 4. The zero-order valence-corrected chi connectivity index (χ0v) is 12.7. The highest BCUT2D eigenvalue weighted by Crippen LogP contribution is 1.88. The van der Waals surface area contributed by atoms with Crippen LogP contribution in [0.1, 0.15) is 40.0 Å². The largest absolute Gasteiger partial charge is 0.453 e. The molecule has 0 aliphatic carbocycles. The van der Waals surface area contributed by atoms with Crippen molar-refractivity contribution in [3.05, 3.63) is 0 Å². The summed E-state index contributed by atoms with van der Waals surface area (Å²) in [6.07, 6.45) is 10.2. The van der Waals surface area contributed by atoms with Crippen LogP contribution in [0.25, 0.3) is 0 Å². The zero-order chi connectivity index (χ0) is 17.1. The van der Waals surface area contributed by atoms with Crippen molar-refractivity contribution in [2.45, 2.75) is 40.0 Å². The number of carbonyl (C=O) groups excluding carboxylic acids is 3. The molecule has 0 unspecified atom stereocenters. The van der Waals surface area contributed by atoms with Gasteiger partial charge in [0, 0.05) is 19.3 Å². The van der Waals surface area contributed by atoms with Crippen LogP contribution >= 0.6 is 0 Å². The van der Waals surface area contributed by atoms with Gasteiger partial charge in [0.25, 0.3) is 0 Å². The lowest BCUT2D eigenvalue weighted by molar-refractivity contribution is -0.159. The maximum atomic E-state index is 10.3. The van der Waals surface area contributed by atoms with E-state index in [4.69, 9.17) is 11.5 Å². The van der Waals surface area contributed by atoms with Crippen LogP contribution in [0.15, 0.2) is 0 Å². The Morgan fingerprint density at radius 2 is 1.29 bits per heavy atom. The van der Waals surface area contributed by atoms with Crippen molar-refractivity contribution in [3.63, 3.8) is 0 Å². The fraction of sp³-hybridized carbons (Fsp3) is 0.533. The molecule has 0 aliphatic rings. The minimum Gasteiger partial charge on any atom is -0.453 e. The molecule has 0 radical (unpaired) electrons. The molecule has 0 amide bonds. The van der Waals surface area contributed by atoms with Gasteiger partial charge in [0.05, 0.1) is 0 Å². The van der Waals surface area contributed by atoms with E-state index < -0.39 is 11.9 Å². The van der Waals surface area contributed by atoms with Crippen molar-refractivity contribution in [1.82, 2.24) is 0 Å². The van der Waals surface area contributed by atoms with E-state index in [0.717, 1.165) is 0 Å². The van der Waals surface area contributed by atoms with Crippen molar-refractivity contribution >= 4 is 17.9 Å². The molecule has 0 aliphatic heterocycles. The maximum Gasteiger partial charge on any atom is 0.313 e. The molecule has 0 bridgehead atoms. The highest BCUT2D eigenvalue weighted by atomic mass is 16.6. The van der Waals surface area contributed by atoms with Crippen molar-refractivity contribution in [1.29, 1.82) is 0 Å². The van der Waals surface area contributed by atoms with Crippen LogP contribution in [0.2, 0.25) is 0 Å². The predicted octanol–water partition coefficient (Wildman–Crippen LogP) is 1.06. The number of terminal acetylenes is 2. The topological polar surface area (TPSA) is 89.9 Å². The summed E-state index contributed by atoms with van der Waals surface area (Å²) in [6.45, 7) is 4.95. The minimum absolute atomic E-state index is 0.0900. The number of hydrogen-bond donors (Lipinski definition) is 1. The molecule has 6 heteroatoms. The van der Waals surface area contributed by atoms with Gasteiger partial charge in [0.15, 0.2) is 6.61 Å². The van der Waals surface area contributed by atoms with E-state index in [9.17, 15) is 14.4 Å². The molecule has 0 heterocycles. The summed E-state index contributed by atoms with van der Waals surface area (Å²) < 4.78 is 8.74. The van der Waals surface area contributed by atoms with Gasteiger partial charge < -0.3 is 14.6 Å². The summed E-state index contributed by atoms with van der Waals surface area (Å²) >= 11 is 0. The van der Waals surface area contributed by atoms with E-state index in [1.807, 2.05) is 5.92 Å². The Balaban J connectivity index is -0.000000249. The second-order valence-electron chi connectivity index (χ2n) is 3.13. The first-order chi connectivity index (χ1) is 9.92. The van der Waals surface area contributed by atoms with Gasteiger partial charge in [0.2, 0.25) is 0 Å². The average molecular weight is 298 g/mol. The molecule has 0 aromatic rings. The summed E-state index contributed by atoms with van der Waals surface area (Å²) in [6, 6.07) is 0. The second kappa shape index (κ2) is 20.0. The smallest absolute Gasteiger partial charge is 0.313 e. The van der Waals surface area contributed by atoms with Crippen LogP contribution in [-0.4, -0.2) is 36.2 Å². The monoisotopic (exact) mass is 298 g/mol. The first-order valence-corrected chi connectivity index (χ1v) is 6.30. The summed E-state index contributed by atoms with van der Waals surface area (Å²) in [5.41, 5.74) is 0. The number of carbonyl (C=O) groups is 3. The van der Waals surface area contributed by atoms with Crippen molar-refractivity contribution in [3.8, 4) is 24.7 Å². The van der Waals surface area contributed by atoms with Crippen LogP contribution in [0.4, 0.5) is 0 Å². The quantitative estimate of drug-likeness (QED) is 0.474. The van der Waals surface area contributed by atoms with E-state index in [1.165, 1.54) is 0 Å². The molecule has 0 fully saturated rings. The van der Waals surface area contributed by atoms with Gasteiger partial charge >= 0.3 is 17.9 Å². The zero-order valence-electron chi connectivity index (χ0n) is 12.7. The van der Waals surface area contributed by atoms with E-state index in [-0.39, 0.29) is 32.0 Å². The van der Waals surface area contributed by atoms with Gasteiger partial charge in [-0.3, -0.25) is 14.4 Å². The molecule has 0 spiro atoms. The molecule has 0 saturated carbocycles. The Morgan fingerprint density at radius 1 is 0.905 bits per heavy atom. The van der Waals surface area contributed by atoms with Gasteiger partial charge in [-0.15, -0.1) is 12.8 Å². The van der Waals surface area contributed by atoms with Gasteiger partial charge in [-0.25, -0.2) is 0 Å². The number of aliphatic hydroxyl groups excluding tert-OH is 1. The van der Waals surface area contributed by atoms with E-state index in [0.29, 0.717) is 6.42 Å². The third kappa shape index (κ3) is 27.0. The Labute approximate surface area is 125 Å². The third-order valence-corrected chi connectivity index (χ3v) is 1.50. The Morgan fingerprint density at radius 3 is 1.52 bits per heavy atom. The highest BCUT2D eigenvalue weighted by molar-refractivity contribution is 5.84. The van der Waals surface area contributed by atoms with Crippen LogP contribution in [0, 0.1) is 24.7 Å². The van der Waals surface area contributed by atoms with Crippen LogP contribution in [0.3, 0.4) is 0 Å². The Hall–Kier alpha value is -2.31. The molecule has 0 saturated heterocycles. The molecule has 118 valence electrons. The molecule has 1 N–H and O–H groups in total. The first-order valence-electron chi connectivity index (χ1n) is 6.30. The summed E-state index contributed by atoms with van der Waals surface area (Å²) in [5, 5.41) is 7.64. The molecule has 21 heavy (non-hydrogen) atoms. The fourth-order valence-electron chi connectivity index (χ4n) is 0.496. The van der Waals surface area contributed by atoms with Gasteiger partial charge in [-0.1, -0.05) is 32.6 Å². The second-order valence-corrected chi connectivity index (χ2v) is 3.13. The molecule has 0 aromatic heterocycles. The maximum absolute atomic E-state index is 10.3. The van der Waals surface area contributed by atoms with Crippen LogP contribution < -0.4 is 0 Å². The van der Waals surface area contributed by atoms with Gasteiger partial charge in [0.1, 0.15) is 6.61 Å². The number of hydrogen-bond acceptors (Lipinski definition) is 6. The molecule has 0 aromatic carbocycles. The van der Waals surface area contributed by atoms with Gasteiger partial charge in [-0.05, 0) is 0 Å². The number of esters is 3. The van der Waals surface area contributed by atoms with E-state index in [1.54, 1.807) is 20.8 Å². The number of ether oxygens (including phenoxy) is 2. The SMILES string of the molecule is C#CCO.C#CCOC(=O)CC.CCC(=O)OC(=O)CC. The highest BCUT2D eigenvalue weighted by Gasteiger charge is 2.03. The minimum atomic E-state index is -0.457. The summed E-state index contributed by atoms with van der Waals surface area (Å²) in [7, 11) is 0. The lowest BCUT2D eigenvalue weighted by Crippen LogP contribution is -2.09. The van der Waals surface area contributed by atoms with Gasteiger partial charge in [-0.2, -0.15) is 0 Å². The lowest BCUT2D eigenvalue weighted by atomic mass is 10.5. The summed E-state index contributed by atoms with van der Waals surface area (Å²) in [4.78, 5) is 30.9. The van der Waals surface area contributed by atoms with Crippen LogP contribution in [-0.2, 0) is 23.9 Å². The third-order valence-electron chi connectivity index (χ3n) is 1.50. The normalized spacial score (nSPS) is 7.52. The van der Waals surface area contributed by atoms with Crippen LogP contribution in [0.5, 0.6) is 0 Å². The Kier molecular flexibility index (Phi) is 22.6. The Bertz CT molecular complexity index is 359. The van der Waals surface area contributed by atoms with Crippen molar-refractivity contribution < 1.29 is 29.0 Å². The molecular weight excluding hydrogens is 276 g/mol. The molecule has 0 rings (SSSR count). The standard InChI is InChI=1S/C6H10O3.C6H8O2.C3H4O/c1-3-5(7)9-6(8)4-2;1-3-5-8-6(7)4-2;1-2-3-4/h3-4H2,1-2H3;1H,4-5H2,2H3;1,4H,3H2. The molecular formula is C15H22O6. The van der Waals surface area contributed by atoms with Crippen molar-refractivity contribution in [2.75, 3.05) is 13.2 Å². The molecule has 0 atom stereocenters. The van der Waals surface area contributed by atoms with Crippen molar-refractivity contribution in [2.24, 2.45) is 0 Å². The fourth-order valence-corrected chi connectivity index (χ4v) is 0.496. The predicted molar refractivity (Wildman–Crippen MR) is 77.7 cm³/mol. The first kappa shape index (κ1) is 23.8. The number of aliphatic hydroxyl groups is 1. The van der Waals surface area contributed by atoms with E-state index >= 15 is 0 Å². The average Bonchev–Trinajstić information content (AvgIpc) is 2.52.